The second kappa shape index (κ2) is 7.07. The van der Waals surface area contributed by atoms with Crippen LogP contribution in [-0.2, 0) is 0 Å². The van der Waals surface area contributed by atoms with Crippen LogP contribution in [0.4, 0.5) is 0 Å². The van der Waals surface area contributed by atoms with E-state index in [0.717, 1.165) is 12.5 Å². The van der Waals surface area contributed by atoms with E-state index in [1.807, 2.05) is 0 Å². The molecule has 1 radical (unpaired) electrons. The molecule has 0 fully saturated rings. The Morgan fingerprint density at radius 2 is 2.10 bits per heavy atom. The van der Waals surface area contributed by atoms with Crippen molar-refractivity contribution in [2.45, 2.75) is 39.5 Å². The SMILES string of the molecule is CCCC(C)CC[CH]CN. The summed E-state index contributed by atoms with van der Waals surface area (Å²) >= 11 is 0. The third-order valence-corrected chi connectivity index (χ3v) is 1.81. The maximum Gasteiger partial charge on any atom is -0.00457 e. The van der Waals surface area contributed by atoms with E-state index in [1.165, 1.54) is 25.7 Å². The van der Waals surface area contributed by atoms with Crippen LogP contribution in [0.1, 0.15) is 39.5 Å². The summed E-state index contributed by atoms with van der Waals surface area (Å²) < 4.78 is 0. The molecule has 0 aromatic heterocycles. The van der Waals surface area contributed by atoms with E-state index in [-0.39, 0.29) is 0 Å². The molecular weight excluding hydrogens is 122 g/mol. The maximum atomic E-state index is 5.33. The largest absolute Gasteiger partial charge is 0.330 e. The monoisotopic (exact) mass is 142 g/mol. The molecule has 0 rings (SSSR count). The Hall–Kier alpha value is -0.0400. The predicted octanol–water partition coefficient (Wildman–Crippen LogP) is 2.37. The van der Waals surface area contributed by atoms with Crippen LogP contribution in [0.15, 0.2) is 0 Å². The third kappa shape index (κ3) is 6.09. The van der Waals surface area contributed by atoms with Gasteiger partial charge in [0.2, 0.25) is 0 Å². The first kappa shape index (κ1) is 9.96. The average Bonchev–Trinajstić information content (AvgIpc) is 1.89. The fourth-order valence-corrected chi connectivity index (χ4v) is 1.16. The number of hydrogen-bond acceptors (Lipinski definition) is 1. The molecule has 0 saturated heterocycles. The van der Waals surface area contributed by atoms with Gasteiger partial charge < -0.3 is 5.73 Å². The highest BCUT2D eigenvalue weighted by atomic mass is 14.5. The van der Waals surface area contributed by atoms with E-state index in [4.69, 9.17) is 5.73 Å². The lowest BCUT2D eigenvalue weighted by Crippen LogP contribution is -2.01. The summed E-state index contributed by atoms with van der Waals surface area (Å²) in [4.78, 5) is 0. The van der Waals surface area contributed by atoms with Crippen molar-refractivity contribution in [1.82, 2.24) is 0 Å². The molecule has 1 atom stereocenters. The molecule has 1 heteroatoms. The molecule has 0 heterocycles. The lowest BCUT2D eigenvalue weighted by Gasteiger charge is -2.07. The lowest BCUT2D eigenvalue weighted by molar-refractivity contribution is 0.483. The molecule has 2 N–H and O–H groups in total. The summed E-state index contributed by atoms with van der Waals surface area (Å²) in [6, 6.07) is 0. The Balaban J connectivity index is 2.97. The van der Waals surface area contributed by atoms with Crippen molar-refractivity contribution in [1.29, 1.82) is 0 Å². The molecule has 0 amide bonds. The average molecular weight is 142 g/mol. The number of hydrogen-bond donors (Lipinski definition) is 1. The Bertz CT molecular complexity index is 61.7. The first-order valence-electron chi connectivity index (χ1n) is 4.33. The maximum absolute atomic E-state index is 5.33. The molecule has 61 valence electrons. The van der Waals surface area contributed by atoms with Gasteiger partial charge in [-0.2, -0.15) is 0 Å². The Morgan fingerprint density at radius 3 is 2.60 bits per heavy atom. The number of rotatable bonds is 6. The van der Waals surface area contributed by atoms with Crippen molar-refractivity contribution in [3.63, 3.8) is 0 Å². The Kier molecular flexibility index (Phi) is 7.04. The topological polar surface area (TPSA) is 26.0 Å². The fraction of sp³-hybridized carbons (Fsp3) is 0.889. The normalized spacial score (nSPS) is 13.5. The van der Waals surface area contributed by atoms with E-state index in [2.05, 4.69) is 20.3 Å². The molecule has 0 aliphatic rings. The van der Waals surface area contributed by atoms with Crippen LogP contribution < -0.4 is 5.73 Å². The molecule has 0 aliphatic carbocycles. The molecule has 0 aliphatic heterocycles. The molecular formula is C9H20N. The van der Waals surface area contributed by atoms with Gasteiger partial charge in [0.25, 0.3) is 0 Å². The van der Waals surface area contributed by atoms with E-state index in [1.54, 1.807) is 0 Å². The third-order valence-electron chi connectivity index (χ3n) is 1.81. The fourth-order valence-electron chi connectivity index (χ4n) is 1.16. The summed E-state index contributed by atoms with van der Waals surface area (Å²) in [6.07, 6.45) is 7.33. The number of unbranched alkanes of at least 4 members (excludes halogenated alkanes) is 1. The quantitative estimate of drug-likeness (QED) is 0.566. The molecule has 0 spiro atoms. The van der Waals surface area contributed by atoms with Crippen molar-refractivity contribution < 1.29 is 0 Å². The first-order chi connectivity index (χ1) is 4.81. The Labute approximate surface area is 65.0 Å². The second-order valence-electron chi connectivity index (χ2n) is 3.00. The van der Waals surface area contributed by atoms with Crippen LogP contribution in [0.25, 0.3) is 0 Å². The van der Waals surface area contributed by atoms with Crippen LogP contribution in [0.2, 0.25) is 0 Å². The highest BCUT2D eigenvalue weighted by Crippen LogP contribution is 2.12. The second-order valence-corrected chi connectivity index (χ2v) is 3.00. The predicted molar refractivity (Wildman–Crippen MR) is 46.7 cm³/mol. The van der Waals surface area contributed by atoms with Gasteiger partial charge in [-0.25, -0.2) is 0 Å². The minimum Gasteiger partial charge on any atom is -0.330 e. The zero-order valence-electron chi connectivity index (χ0n) is 7.27. The minimum atomic E-state index is 0.735. The summed E-state index contributed by atoms with van der Waals surface area (Å²) in [5.41, 5.74) is 5.33. The van der Waals surface area contributed by atoms with Crippen LogP contribution in [0.3, 0.4) is 0 Å². The standard InChI is InChI=1S/C9H20N/c1-3-6-9(2)7-4-5-8-10/h5,9H,3-4,6-8,10H2,1-2H3. The molecule has 0 bridgehead atoms. The van der Waals surface area contributed by atoms with Crippen molar-refractivity contribution in [3.8, 4) is 0 Å². The lowest BCUT2D eigenvalue weighted by atomic mass is 9.99. The summed E-state index contributed by atoms with van der Waals surface area (Å²) in [5, 5.41) is 0. The van der Waals surface area contributed by atoms with Crippen LogP contribution in [-0.4, -0.2) is 6.54 Å². The van der Waals surface area contributed by atoms with E-state index in [0.29, 0.717) is 0 Å². The highest BCUT2D eigenvalue weighted by Gasteiger charge is 1.98. The molecule has 1 unspecified atom stereocenters. The van der Waals surface area contributed by atoms with Gasteiger partial charge >= 0.3 is 0 Å². The van der Waals surface area contributed by atoms with Gasteiger partial charge in [-0.15, -0.1) is 0 Å². The molecule has 0 aromatic carbocycles. The van der Waals surface area contributed by atoms with E-state index < -0.39 is 0 Å². The summed E-state index contributed by atoms with van der Waals surface area (Å²) in [5.74, 6) is 0.882. The van der Waals surface area contributed by atoms with E-state index >= 15 is 0 Å². The molecule has 0 aromatic rings. The van der Waals surface area contributed by atoms with Gasteiger partial charge in [-0.3, -0.25) is 0 Å². The van der Waals surface area contributed by atoms with Gasteiger partial charge in [0.1, 0.15) is 0 Å². The smallest absolute Gasteiger partial charge is 0.00457 e. The van der Waals surface area contributed by atoms with Gasteiger partial charge in [-0.1, -0.05) is 33.1 Å². The number of nitrogens with two attached hydrogens (primary N) is 1. The van der Waals surface area contributed by atoms with Crippen molar-refractivity contribution in [3.05, 3.63) is 6.42 Å². The first-order valence-corrected chi connectivity index (χ1v) is 4.33. The van der Waals surface area contributed by atoms with Gasteiger partial charge in [0.15, 0.2) is 0 Å². The summed E-state index contributed by atoms with van der Waals surface area (Å²) in [7, 11) is 0. The van der Waals surface area contributed by atoms with Crippen LogP contribution in [0.5, 0.6) is 0 Å². The van der Waals surface area contributed by atoms with E-state index in [9.17, 15) is 0 Å². The Morgan fingerprint density at radius 1 is 1.40 bits per heavy atom. The van der Waals surface area contributed by atoms with Crippen molar-refractivity contribution in [2.24, 2.45) is 11.7 Å². The van der Waals surface area contributed by atoms with Gasteiger partial charge in [0, 0.05) is 0 Å². The summed E-state index contributed by atoms with van der Waals surface area (Å²) in [6.45, 7) is 5.29. The minimum absolute atomic E-state index is 0.735. The molecule has 10 heavy (non-hydrogen) atoms. The molecule has 1 nitrogen and oxygen atoms in total. The van der Waals surface area contributed by atoms with Crippen LogP contribution >= 0.6 is 0 Å². The van der Waals surface area contributed by atoms with Crippen molar-refractivity contribution >= 4 is 0 Å². The zero-order valence-corrected chi connectivity index (χ0v) is 7.27. The van der Waals surface area contributed by atoms with Crippen LogP contribution in [0, 0.1) is 12.3 Å². The van der Waals surface area contributed by atoms with Gasteiger partial charge in [0.05, 0.1) is 0 Å². The zero-order chi connectivity index (χ0) is 7.82. The van der Waals surface area contributed by atoms with Crippen molar-refractivity contribution in [2.75, 3.05) is 6.54 Å². The molecule has 0 saturated carbocycles. The van der Waals surface area contributed by atoms with Gasteiger partial charge in [-0.05, 0) is 25.3 Å². The highest BCUT2D eigenvalue weighted by molar-refractivity contribution is 4.66.